The molecule has 1 aliphatic rings. The SMILES string of the molecule is Cc1cc(OCc2c(F)cccc2Cl)cc2c1C(=O)/C(=C/c1ccc(Br)cc1)O2. The lowest BCUT2D eigenvalue weighted by Gasteiger charge is -2.11. The molecule has 0 atom stereocenters. The van der Waals surface area contributed by atoms with E-state index < -0.39 is 5.82 Å². The molecule has 0 bridgehead atoms. The summed E-state index contributed by atoms with van der Waals surface area (Å²) in [6.07, 6.45) is 1.70. The van der Waals surface area contributed by atoms with Gasteiger partial charge in [0, 0.05) is 16.1 Å². The van der Waals surface area contributed by atoms with E-state index in [1.165, 1.54) is 6.07 Å². The Labute approximate surface area is 180 Å². The van der Waals surface area contributed by atoms with Crippen LogP contribution in [-0.2, 0) is 6.61 Å². The van der Waals surface area contributed by atoms with Crippen LogP contribution in [0.1, 0.15) is 27.0 Å². The zero-order valence-corrected chi connectivity index (χ0v) is 17.7. The highest BCUT2D eigenvalue weighted by Crippen LogP contribution is 2.38. The summed E-state index contributed by atoms with van der Waals surface area (Å²) in [4.78, 5) is 12.8. The molecular weight excluding hydrogens is 459 g/mol. The number of hydrogen-bond donors (Lipinski definition) is 0. The average Bonchev–Trinajstić information content (AvgIpc) is 2.99. The molecule has 0 aromatic heterocycles. The van der Waals surface area contributed by atoms with Crippen molar-refractivity contribution in [3.8, 4) is 11.5 Å². The summed E-state index contributed by atoms with van der Waals surface area (Å²) >= 11 is 9.43. The zero-order chi connectivity index (χ0) is 20.5. The van der Waals surface area contributed by atoms with Crippen LogP contribution in [0, 0.1) is 12.7 Å². The first-order valence-electron chi connectivity index (χ1n) is 8.82. The lowest BCUT2D eigenvalue weighted by Crippen LogP contribution is -2.01. The van der Waals surface area contributed by atoms with Crippen molar-refractivity contribution < 1.29 is 18.7 Å². The van der Waals surface area contributed by atoms with Crippen molar-refractivity contribution in [1.29, 1.82) is 0 Å². The molecule has 146 valence electrons. The van der Waals surface area contributed by atoms with Crippen molar-refractivity contribution in [2.75, 3.05) is 0 Å². The first-order valence-corrected chi connectivity index (χ1v) is 9.99. The number of carbonyl (C=O) groups excluding carboxylic acids is 1. The predicted octanol–water partition coefficient (Wildman–Crippen LogP) is 6.75. The van der Waals surface area contributed by atoms with Crippen molar-refractivity contribution in [2.45, 2.75) is 13.5 Å². The molecule has 6 heteroatoms. The maximum Gasteiger partial charge on any atom is 0.232 e. The van der Waals surface area contributed by atoms with Crippen LogP contribution in [0.5, 0.6) is 11.5 Å². The highest BCUT2D eigenvalue weighted by molar-refractivity contribution is 9.10. The smallest absolute Gasteiger partial charge is 0.232 e. The Morgan fingerprint density at radius 2 is 1.93 bits per heavy atom. The molecule has 0 saturated heterocycles. The van der Waals surface area contributed by atoms with Gasteiger partial charge in [0.2, 0.25) is 5.78 Å². The number of benzene rings is 3. The summed E-state index contributed by atoms with van der Waals surface area (Å²) in [5.74, 6) is 0.539. The van der Waals surface area contributed by atoms with E-state index in [1.807, 2.05) is 31.2 Å². The lowest BCUT2D eigenvalue weighted by atomic mass is 10.0. The molecule has 0 fully saturated rings. The second-order valence-electron chi connectivity index (χ2n) is 6.59. The van der Waals surface area contributed by atoms with Crippen LogP contribution in [0.25, 0.3) is 6.08 Å². The molecule has 0 radical (unpaired) electrons. The number of ketones is 1. The minimum atomic E-state index is -0.429. The van der Waals surface area contributed by atoms with Crippen LogP contribution in [-0.4, -0.2) is 5.78 Å². The van der Waals surface area contributed by atoms with Crippen LogP contribution in [0.15, 0.2) is 64.8 Å². The van der Waals surface area contributed by atoms with Gasteiger partial charge in [-0.3, -0.25) is 4.79 Å². The first kappa shape index (κ1) is 19.7. The maximum absolute atomic E-state index is 13.9. The molecule has 0 N–H and O–H groups in total. The van der Waals surface area contributed by atoms with E-state index >= 15 is 0 Å². The van der Waals surface area contributed by atoms with Gasteiger partial charge in [0.1, 0.15) is 23.9 Å². The van der Waals surface area contributed by atoms with Gasteiger partial charge in [-0.05, 0) is 54.5 Å². The summed E-state index contributed by atoms with van der Waals surface area (Å²) in [6.45, 7) is 1.78. The van der Waals surface area contributed by atoms with Gasteiger partial charge in [-0.25, -0.2) is 4.39 Å². The predicted molar refractivity (Wildman–Crippen MR) is 114 cm³/mol. The topological polar surface area (TPSA) is 35.5 Å². The number of aryl methyl sites for hydroxylation is 1. The normalized spacial score (nSPS) is 14.1. The highest BCUT2D eigenvalue weighted by Gasteiger charge is 2.30. The minimum absolute atomic E-state index is 0.0285. The largest absolute Gasteiger partial charge is 0.489 e. The minimum Gasteiger partial charge on any atom is -0.489 e. The number of allylic oxidation sites excluding steroid dienone is 1. The molecule has 1 aliphatic heterocycles. The number of fused-ring (bicyclic) bond motifs is 1. The van der Waals surface area contributed by atoms with Crippen LogP contribution >= 0.6 is 27.5 Å². The number of ether oxygens (including phenoxy) is 2. The molecule has 0 amide bonds. The van der Waals surface area contributed by atoms with Gasteiger partial charge in [-0.15, -0.1) is 0 Å². The molecule has 29 heavy (non-hydrogen) atoms. The van der Waals surface area contributed by atoms with Crippen molar-refractivity contribution in [3.05, 3.63) is 97.9 Å². The van der Waals surface area contributed by atoms with E-state index in [2.05, 4.69) is 15.9 Å². The van der Waals surface area contributed by atoms with Crippen molar-refractivity contribution in [3.63, 3.8) is 0 Å². The van der Waals surface area contributed by atoms with Crippen LogP contribution < -0.4 is 9.47 Å². The highest BCUT2D eigenvalue weighted by atomic mass is 79.9. The second-order valence-corrected chi connectivity index (χ2v) is 7.92. The molecule has 3 aromatic rings. The molecule has 0 aliphatic carbocycles. The van der Waals surface area contributed by atoms with Crippen LogP contribution in [0.4, 0.5) is 4.39 Å². The fourth-order valence-electron chi connectivity index (χ4n) is 3.10. The molecule has 0 saturated carbocycles. The Bertz CT molecular complexity index is 1120. The van der Waals surface area contributed by atoms with E-state index in [4.69, 9.17) is 21.1 Å². The van der Waals surface area contributed by atoms with Gasteiger partial charge in [0.25, 0.3) is 0 Å². The average molecular weight is 474 g/mol. The number of rotatable bonds is 4. The van der Waals surface area contributed by atoms with Gasteiger partial charge in [0.05, 0.1) is 10.6 Å². The summed E-state index contributed by atoms with van der Waals surface area (Å²) in [5.41, 5.74) is 2.36. The molecule has 3 nitrogen and oxygen atoms in total. The quantitative estimate of drug-likeness (QED) is 0.393. The molecule has 4 rings (SSSR count). The van der Waals surface area contributed by atoms with E-state index in [0.29, 0.717) is 22.1 Å². The molecule has 0 spiro atoms. The fourth-order valence-corrected chi connectivity index (χ4v) is 3.58. The van der Waals surface area contributed by atoms with Gasteiger partial charge in [0.15, 0.2) is 5.76 Å². The maximum atomic E-state index is 13.9. The zero-order valence-electron chi connectivity index (χ0n) is 15.3. The van der Waals surface area contributed by atoms with Gasteiger partial charge < -0.3 is 9.47 Å². The van der Waals surface area contributed by atoms with Crippen LogP contribution in [0.2, 0.25) is 5.02 Å². The second kappa shape index (κ2) is 8.01. The van der Waals surface area contributed by atoms with E-state index in [9.17, 15) is 9.18 Å². The van der Waals surface area contributed by atoms with Crippen molar-refractivity contribution in [2.24, 2.45) is 0 Å². The third-order valence-corrected chi connectivity index (χ3v) is 5.44. The van der Waals surface area contributed by atoms with E-state index in [1.54, 1.807) is 30.3 Å². The van der Waals surface area contributed by atoms with Gasteiger partial charge in [-0.2, -0.15) is 0 Å². The van der Waals surface area contributed by atoms with E-state index in [0.717, 1.165) is 15.6 Å². The van der Waals surface area contributed by atoms with Gasteiger partial charge in [-0.1, -0.05) is 45.7 Å². The summed E-state index contributed by atoms with van der Waals surface area (Å²) in [6, 6.07) is 15.4. The Hall–Kier alpha value is -2.63. The van der Waals surface area contributed by atoms with Crippen molar-refractivity contribution >= 4 is 39.4 Å². The molecule has 3 aromatic carbocycles. The molecular formula is C23H15BrClFO3. The lowest BCUT2D eigenvalue weighted by molar-refractivity contribution is 0.101. The van der Waals surface area contributed by atoms with E-state index in [-0.39, 0.29) is 23.7 Å². The van der Waals surface area contributed by atoms with Crippen LogP contribution in [0.3, 0.4) is 0 Å². The monoisotopic (exact) mass is 472 g/mol. The number of hydrogen-bond acceptors (Lipinski definition) is 3. The molecule has 1 heterocycles. The summed E-state index contributed by atoms with van der Waals surface area (Å²) in [7, 11) is 0. The fraction of sp³-hybridized carbons (Fsp3) is 0.0870. The Balaban J connectivity index is 1.58. The summed E-state index contributed by atoms with van der Waals surface area (Å²) < 4.78 is 26.4. The number of carbonyl (C=O) groups is 1. The third kappa shape index (κ3) is 4.07. The standard InChI is InChI=1S/C23H15BrClFO3/c1-13-9-16(28-12-17-18(25)3-2-4-19(17)26)11-20-22(13)23(27)21(29-20)10-14-5-7-15(24)8-6-14/h2-11H,12H2,1H3/b21-10-. The van der Waals surface area contributed by atoms with Crippen molar-refractivity contribution in [1.82, 2.24) is 0 Å². The Morgan fingerprint density at radius 1 is 1.17 bits per heavy atom. The number of Topliss-reactive ketones (excluding diaryl/α,β-unsaturated/α-hetero) is 1. The first-order chi connectivity index (χ1) is 13.9. The van der Waals surface area contributed by atoms with Gasteiger partial charge >= 0.3 is 0 Å². The third-order valence-electron chi connectivity index (χ3n) is 4.56. The number of halogens is 3. The Kier molecular flexibility index (Phi) is 5.43. The molecule has 0 unspecified atom stereocenters. The summed E-state index contributed by atoms with van der Waals surface area (Å²) in [5, 5.41) is 0.300. The Morgan fingerprint density at radius 3 is 2.66 bits per heavy atom.